The van der Waals surface area contributed by atoms with Crippen LogP contribution in [0, 0.1) is 0 Å². The van der Waals surface area contributed by atoms with E-state index in [0.717, 1.165) is 62.8 Å². The molecule has 2 aliphatic heterocycles. The molecule has 0 spiro atoms. The van der Waals surface area contributed by atoms with Gasteiger partial charge in [0.2, 0.25) is 0 Å². The van der Waals surface area contributed by atoms with Crippen molar-refractivity contribution in [3.05, 3.63) is 69.8 Å². The third kappa shape index (κ3) is 3.66. The molecule has 2 aromatic carbocycles. The first-order chi connectivity index (χ1) is 14.2. The maximum Gasteiger partial charge on any atom is 0.258 e. The molecule has 1 atom stereocenters. The average Bonchev–Trinajstić information content (AvgIpc) is 3.22. The van der Waals surface area contributed by atoms with E-state index >= 15 is 0 Å². The summed E-state index contributed by atoms with van der Waals surface area (Å²) in [5.74, 6) is 1.86. The largest absolute Gasteiger partial charge is 0.493 e. The molecule has 0 amide bonds. The highest BCUT2D eigenvalue weighted by atomic mass is 16.5. The van der Waals surface area contributed by atoms with Gasteiger partial charge in [0.1, 0.15) is 44.5 Å². The molecule has 3 aromatic rings. The van der Waals surface area contributed by atoms with Gasteiger partial charge in [-0.2, -0.15) is 0 Å². The van der Waals surface area contributed by atoms with E-state index in [9.17, 15) is 4.79 Å². The Balaban J connectivity index is 1.24. The monoisotopic (exact) mass is 392 g/mol. The van der Waals surface area contributed by atoms with Crippen molar-refractivity contribution >= 4 is 10.9 Å². The minimum absolute atomic E-state index is 0.0401. The van der Waals surface area contributed by atoms with E-state index in [2.05, 4.69) is 30.1 Å². The summed E-state index contributed by atoms with van der Waals surface area (Å²) in [6.07, 6.45) is 1.03. The van der Waals surface area contributed by atoms with Crippen LogP contribution in [0.25, 0.3) is 10.9 Å². The minimum atomic E-state index is -0.0401. The molecular formula is C23H28N4O2+2. The van der Waals surface area contributed by atoms with Crippen molar-refractivity contribution in [3.63, 3.8) is 0 Å². The van der Waals surface area contributed by atoms with Crippen LogP contribution in [0.2, 0.25) is 0 Å². The SMILES string of the molecule is C[C@H](c1nc2ccccc2c(=O)[nH]1)[NH+]1CC[NH+](Cc2ccc3c(c2)CCO3)CC1. The second-order valence-electron chi connectivity index (χ2n) is 8.32. The number of aromatic amines is 1. The van der Waals surface area contributed by atoms with Gasteiger partial charge >= 0.3 is 0 Å². The summed E-state index contributed by atoms with van der Waals surface area (Å²) in [5, 5.41) is 0.660. The fraction of sp³-hybridized carbons (Fsp3) is 0.391. The number of hydrogen-bond donors (Lipinski definition) is 3. The first-order valence-electron chi connectivity index (χ1n) is 10.6. The number of rotatable bonds is 4. The molecule has 3 N–H and O–H groups in total. The van der Waals surface area contributed by atoms with Gasteiger partial charge < -0.3 is 19.5 Å². The normalized spacial score (nSPS) is 22.2. The van der Waals surface area contributed by atoms with Crippen LogP contribution in [0.5, 0.6) is 5.75 Å². The molecule has 1 fully saturated rings. The summed E-state index contributed by atoms with van der Waals surface area (Å²) in [4.78, 5) is 23.3. The first-order valence-corrected chi connectivity index (χ1v) is 10.6. The van der Waals surface area contributed by atoms with Gasteiger partial charge in [-0.1, -0.05) is 12.1 Å². The van der Waals surface area contributed by atoms with Crippen molar-refractivity contribution in [2.75, 3.05) is 32.8 Å². The van der Waals surface area contributed by atoms with Crippen molar-refractivity contribution in [1.82, 2.24) is 9.97 Å². The Hall–Kier alpha value is -2.70. The van der Waals surface area contributed by atoms with Crippen molar-refractivity contribution < 1.29 is 14.5 Å². The zero-order chi connectivity index (χ0) is 19.8. The lowest BCUT2D eigenvalue weighted by molar-refractivity contribution is -1.03. The maximum absolute atomic E-state index is 12.4. The number of fused-ring (bicyclic) bond motifs is 2. The van der Waals surface area contributed by atoms with Gasteiger partial charge in [0.05, 0.1) is 17.5 Å². The second kappa shape index (κ2) is 7.61. The second-order valence-corrected chi connectivity index (χ2v) is 8.32. The van der Waals surface area contributed by atoms with Crippen LogP contribution in [-0.2, 0) is 13.0 Å². The average molecular weight is 393 g/mol. The molecule has 3 heterocycles. The van der Waals surface area contributed by atoms with E-state index in [4.69, 9.17) is 9.72 Å². The lowest BCUT2D eigenvalue weighted by Crippen LogP contribution is -3.27. The Labute approximate surface area is 170 Å². The summed E-state index contributed by atoms with van der Waals surface area (Å²) in [6.45, 7) is 8.49. The number of quaternary nitrogens is 2. The number of benzene rings is 2. The van der Waals surface area contributed by atoms with E-state index in [-0.39, 0.29) is 11.6 Å². The van der Waals surface area contributed by atoms with Crippen LogP contribution >= 0.6 is 0 Å². The van der Waals surface area contributed by atoms with Gasteiger partial charge in [-0.05, 0) is 42.8 Å². The van der Waals surface area contributed by atoms with E-state index < -0.39 is 0 Å². The summed E-state index contributed by atoms with van der Waals surface area (Å²) >= 11 is 0. The number of ether oxygens (including phenoxy) is 1. The Morgan fingerprint density at radius 1 is 1.14 bits per heavy atom. The number of aromatic nitrogens is 2. The lowest BCUT2D eigenvalue weighted by atomic mass is 10.1. The predicted octanol–water partition coefficient (Wildman–Crippen LogP) is -0.0974. The zero-order valence-corrected chi connectivity index (χ0v) is 16.8. The van der Waals surface area contributed by atoms with Crippen LogP contribution in [0.3, 0.4) is 0 Å². The van der Waals surface area contributed by atoms with Crippen molar-refractivity contribution in [3.8, 4) is 5.75 Å². The number of H-pyrrole nitrogens is 1. The van der Waals surface area contributed by atoms with Crippen LogP contribution in [-0.4, -0.2) is 42.8 Å². The quantitative estimate of drug-likeness (QED) is 0.581. The van der Waals surface area contributed by atoms with Crippen LogP contribution in [0.4, 0.5) is 0 Å². The highest BCUT2D eigenvalue weighted by Gasteiger charge is 2.29. The van der Waals surface area contributed by atoms with Crippen molar-refractivity contribution in [2.24, 2.45) is 0 Å². The molecule has 29 heavy (non-hydrogen) atoms. The fourth-order valence-corrected chi connectivity index (χ4v) is 4.68. The Bertz CT molecular complexity index is 1090. The number of nitrogens with one attached hydrogen (secondary N) is 3. The number of hydrogen-bond acceptors (Lipinski definition) is 3. The summed E-state index contributed by atoms with van der Waals surface area (Å²) in [6, 6.07) is 14.4. The van der Waals surface area contributed by atoms with E-state index in [0.29, 0.717) is 5.39 Å². The van der Waals surface area contributed by atoms with Crippen molar-refractivity contribution in [2.45, 2.75) is 25.9 Å². The van der Waals surface area contributed by atoms with Gasteiger partial charge in [-0.3, -0.25) is 4.79 Å². The summed E-state index contributed by atoms with van der Waals surface area (Å²) < 4.78 is 5.62. The maximum atomic E-state index is 12.4. The van der Waals surface area contributed by atoms with E-state index in [1.807, 2.05) is 24.3 Å². The van der Waals surface area contributed by atoms with Crippen LogP contribution < -0.4 is 20.1 Å². The third-order valence-electron chi connectivity index (χ3n) is 6.46. The molecule has 1 saturated heterocycles. The van der Waals surface area contributed by atoms with Gasteiger partial charge in [0, 0.05) is 12.0 Å². The van der Waals surface area contributed by atoms with Gasteiger partial charge in [0.25, 0.3) is 5.56 Å². The van der Waals surface area contributed by atoms with E-state index in [1.165, 1.54) is 16.0 Å². The number of nitrogens with zero attached hydrogens (tertiary/aromatic N) is 1. The van der Waals surface area contributed by atoms with Crippen LogP contribution in [0.1, 0.15) is 29.9 Å². The molecule has 0 unspecified atom stereocenters. The van der Waals surface area contributed by atoms with Gasteiger partial charge in [-0.25, -0.2) is 4.98 Å². The van der Waals surface area contributed by atoms with E-state index in [1.54, 1.807) is 4.90 Å². The minimum Gasteiger partial charge on any atom is -0.493 e. The highest BCUT2D eigenvalue weighted by Crippen LogP contribution is 2.25. The molecular weight excluding hydrogens is 364 g/mol. The molecule has 0 radical (unpaired) electrons. The molecule has 1 aromatic heterocycles. The Morgan fingerprint density at radius 2 is 1.97 bits per heavy atom. The molecule has 6 nitrogen and oxygen atoms in total. The molecule has 0 aliphatic carbocycles. The van der Waals surface area contributed by atoms with Gasteiger partial charge in [-0.15, -0.1) is 0 Å². The fourth-order valence-electron chi connectivity index (χ4n) is 4.68. The number of piperazine rings is 1. The molecule has 0 saturated carbocycles. The molecule has 6 heteroatoms. The Morgan fingerprint density at radius 3 is 2.83 bits per heavy atom. The van der Waals surface area contributed by atoms with Crippen LogP contribution in [0.15, 0.2) is 47.3 Å². The van der Waals surface area contributed by atoms with Gasteiger partial charge in [0.15, 0.2) is 5.82 Å². The smallest absolute Gasteiger partial charge is 0.258 e. The number of para-hydroxylation sites is 1. The topological polar surface area (TPSA) is 63.9 Å². The third-order valence-corrected chi connectivity index (χ3v) is 6.46. The molecule has 2 aliphatic rings. The molecule has 0 bridgehead atoms. The standard InChI is InChI=1S/C23H26N4O2/c1-16(22-24-20-5-3-2-4-19(20)23(28)25-22)27-11-9-26(10-12-27)15-17-6-7-21-18(14-17)8-13-29-21/h2-7,14,16H,8-13,15H2,1H3,(H,24,25,28)/p+2/t16-/m1/s1. The first kappa shape index (κ1) is 18.3. The lowest BCUT2D eigenvalue weighted by Gasteiger charge is -2.32. The van der Waals surface area contributed by atoms with Crippen molar-refractivity contribution in [1.29, 1.82) is 0 Å². The summed E-state index contributed by atoms with van der Waals surface area (Å²) in [5.41, 5.74) is 3.50. The summed E-state index contributed by atoms with van der Waals surface area (Å²) in [7, 11) is 0. The Kier molecular flexibility index (Phi) is 4.81. The highest BCUT2D eigenvalue weighted by molar-refractivity contribution is 5.77. The molecule has 5 rings (SSSR count). The molecule has 150 valence electrons. The predicted molar refractivity (Wildman–Crippen MR) is 112 cm³/mol. The zero-order valence-electron chi connectivity index (χ0n) is 16.8.